The second kappa shape index (κ2) is 4.67. The molecule has 1 aliphatic heterocycles. The zero-order chi connectivity index (χ0) is 11.7. The lowest BCUT2D eigenvalue weighted by atomic mass is 9.93. The zero-order valence-electron chi connectivity index (χ0n) is 9.54. The molecule has 17 heavy (non-hydrogen) atoms. The van der Waals surface area contributed by atoms with Crippen LogP contribution in [-0.2, 0) is 0 Å². The minimum atomic E-state index is -0.349. The number of pyridine rings is 1. The number of hydrogen-bond acceptors (Lipinski definition) is 3. The van der Waals surface area contributed by atoms with E-state index in [1.807, 2.05) is 42.1 Å². The number of aromatic nitrogens is 1. The normalized spacial score (nSPS) is 21.8. The first-order valence-electron chi connectivity index (χ1n) is 5.96. The molecule has 1 N–H and O–H groups in total. The van der Waals surface area contributed by atoms with E-state index in [2.05, 4.69) is 4.98 Å². The molecule has 2 nitrogen and oxygen atoms in total. The van der Waals surface area contributed by atoms with Gasteiger partial charge in [-0.05, 0) is 41.5 Å². The molecule has 3 heteroatoms. The summed E-state index contributed by atoms with van der Waals surface area (Å²) in [5.74, 6) is 2.63. The molecule has 3 rings (SSSR count). The molecular weight excluding hydrogens is 230 g/mol. The first-order valence-corrected chi connectivity index (χ1v) is 7.11. The van der Waals surface area contributed by atoms with Gasteiger partial charge < -0.3 is 5.11 Å². The van der Waals surface area contributed by atoms with E-state index in [0.29, 0.717) is 5.92 Å². The fraction of sp³-hybridized carbons (Fsp3) is 0.357. The van der Waals surface area contributed by atoms with Gasteiger partial charge in [0.1, 0.15) is 0 Å². The summed E-state index contributed by atoms with van der Waals surface area (Å²) in [6.07, 6.45) is 2.56. The van der Waals surface area contributed by atoms with Gasteiger partial charge in [-0.25, -0.2) is 0 Å². The molecule has 2 atom stereocenters. The van der Waals surface area contributed by atoms with E-state index < -0.39 is 0 Å². The number of benzene rings is 1. The highest BCUT2D eigenvalue weighted by atomic mass is 32.2. The lowest BCUT2D eigenvalue weighted by Crippen LogP contribution is -2.12. The number of hydrogen-bond donors (Lipinski definition) is 1. The highest BCUT2D eigenvalue weighted by Gasteiger charge is 2.25. The maximum Gasteiger partial charge on any atom is 0.0832 e. The van der Waals surface area contributed by atoms with Crippen LogP contribution >= 0.6 is 11.8 Å². The third-order valence-electron chi connectivity index (χ3n) is 3.41. The van der Waals surface area contributed by atoms with E-state index in [0.717, 1.165) is 28.6 Å². The van der Waals surface area contributed by atoms with Crippen LogP contribution in [0.3, 0.4) is 0 Å². The fourth-order valence-electron chi connectivity index (χ4n) is 2.44. The summed E-state index contributed by atoms with van der Waals surface area (Å²) in [5, 5.41) is 11.6. The molecule has 88 valence electrons. The highest BCUT2D eigenvalue weighted by Crippen LogP contribution is 2.36. The molecule has 2 unspecified atom stereocenters. The molecule has 0 bridgehead atoms. The van der Waals surface area contributed by atoms with Gasteiger partial charge in [0, 0.05) is 11.6 Å². The molecule has 2 aromatic rings. The third kappa shape index (κ3) is 2.05. The standard InChI is InChI=1S/C14H15NOS/c16-14(10-6-8-17-9-10)12-3-1-5-13-11(12)4-2-7-15-13/h1-5,7,10,14,16H,6,8-9H2. The third-order valence-corrected chi connectivity index (χ3v) is 4.60. The van der Waals surface area contributed by atoms with Crippen molar-refractivity contribution in [2.45, 2.75) is 12.5 Å². The van der Waals surface area contributed by atoms with Gasteiger partial charge >= 0.3 is 0 Å². The van der Waals surface area contributed by atoms with Crippen LogP contribution in [0.4, 0.5) is 0 Å². The van der Waals surface area contributed by atoms with Crippen molar-refractivity contribution < 1.29 is 5.11 Å². The van der Waals surface area contributed by atoms with Crippen molar-refractivity contribution in [3.05, 3.63) is 42.1 Å². The van der Waals surface area contributed by atoms with Crippen LogP contribution in [0, 0.1) is 5.92 Å². The Hall–Kier alpha value is -1.06. The molecule has 1 saturated heterocycles. The largest absolute Gasteiger partial charge is 0.388 e. The maximum absolute atomic E-state index is 10.5. The molecule has 0 spiro atoms. The van der Waals surface area contributed by atoms with Crippen molar-refractivity contribution in [2.75, 3.05) is 11.5 Å². The van der Waals surface area contributed by atoms with Crippen LogP contribution in [0.15, 0.2) is 36.5 Å². The van der Waals surface area contributed by atoms with E-state index in [9.17, 15) is 5.11 Å². The topological polar surface area (TPSA) is 33.1 Å². The van der Waals surface area contributed by atoms with Gasteiger partial charge in [0.2, 0.25) is 0 Å². The van der Waals surface area contributed by atoms with E-state index in [4.69, 9.17) is 0 Å². The molecule has 1 aliphatic rings. The summed E-state index contributed by atoms with van der Waals surface area (Å²) in [7, 11) is 0. The molecular formula is C14H15NOS. The van der Waals surface area contributed by atoms with Crippen molar-refractivity contribution in [1.29, 1.82) is 0 Å². The van der Waals surface area contributed by atoms with Crippen LogP contribution in [0.5, 0.6) is 0 Å². The molecule has 1 aromatic heterocycles. The van der Waals surface area contributed by atoms with Gasteiger partial charge in [-0.1, -0.05) is 18.2 Å². The van der Waals surface area contributed by atoms with Gasteiger partial charge in [0.05, 0.1) is 11.6 Å². The van der Waals surface area contributed by atoms with Crippen LogP contribution in [0.25, 0.3) is 10.9 Å². The van der Waals surface area contributed by atoms with E-state index >= 15 is 0 Å². The Balaban J connectivity index is 2.04. The first-order chi connectivity index (χ1) is 8.36. The molecule has 2 heterocycles. The molecule has 0 amide bonds. The summed E-state index contributed by atoms with van der Waals surface area (Å²) in [6.45, 7) is 0. The Bertz CT molecular complexity index is 517. The summed E-state index contributed by atoms with van der Waals surface area (Å²) in [5.41, 5.74) is 2.00. The molecule has 0 aliphatic carbocycles. The highest BCUT2D eigenvalue weighted by molar-refractivity contribution is 7.99. The lowest BCUT2D eigenvalue weighted by molar-refractivity contribution is 0.123. The number of fused-ring (bicyclic) bond motifs is 1. The lowest BCUT2D eigenvalue weighted by Gasteiger charge is -2.18. The smallest absolute Gasteiger partial charge is 0.0832 e. The second-order valence-corrected chi connectivity index (χ2v) is 5.64. The van der Waals surface area contributed by atoms with E-state index in [-0.39, 0.29) is 6.10 Å². The molecule has 1 aromatic carbocycles. The van der Waals surface area contributed by atoms with E-state index in [1.165, 1.54) is 5.75 Å². The average Bonchev–Trinajstić information content (AvgIpc) is 2.91. The van der Waals surface area contributed by atoms with Gasteiger partial charge in [-0.3, -0.25) is 4.98 Å². The summed E-state index contributed by atoms with van der Waals surface area (Å²) >= 11 is 1.93. The maximum atomic E-state index is 10.5. The van der Waals surface area contributed by atoms with Gasteiger partial charge in [0.25, 0.3) is 0 Å². The Morgan fingerprint density at radius 1 is 1.29 bits per heavy atom. The number of nitrogens with zero attached hydrogens (tertiary/aromatic N) is 1. The fourth-order valence-corrected chi connectivity index (χ4v) is 3.73. The number of rotatable bonds is 2. The van der Waals surface area contributed by atoms with Crippen molar-refractivity contribution in [1.82, 2.24) is 4.98 Å². The Morgan fingerprint density at radius 2 is 2.24 bits per heavy atom. The second-order valence-electron chi connectivity index (χ2n) is 4.49. The van der Waals surface area contributed by atoms with Crippen LogP contribution < -0.4 is 0 Å². The summed E-state index contributed by atoms with van der Waals surface area (Å²) < 4.78 is 0. The quantitative estimate of drug-likeness (QED) is 0.883. The van der Waals surface area contributed by atoms with Crippen molar-refractivity contribution in [2.24, 2.45) is 5.92 Å². The SMILES string of the molecule is OC(c1cccc2ncccc12)C1CCSC1. The van der Waals surface area contributed by atoms with Gasteiger partial charge in [0.15, 0.2) is 0 Å². The monoisotopic (exact) mass is 245 g/mol. The van der Waals surface area contributed by atoms with Crippen molar-refractivity contribution in [3.8, 4) is 0 Å². The minimum absolute atomic E-state index is 0.349. The Morgan fingerprint density at radius 3 is 3.06 bits per heavy atom. The number of aliphatic hydroxyl groups excluding tert-OH is 1. The average molecular weight is 245 g/mol. The predicted molar refractivity (Wildman–Crippen MR) is 72.1 cm³/mol. The van der Waals surface area contributed by atoms with Crippen LogP contribution in [0.2, 0.25) is 0 Å². The van der Waals surface area contributed by atoms with Gasteiger partial charge in [-0.2, -0.15) is 11.8 Å². The Labute approximate surface area is 105 Å². The summed E-state index contributed by atoms with van der Waals surface area (Å²) in [4.78, 5) is 4.33. The van der Waals surface area contributed by atoms with Crippen LogP contribution in [0.1, 0.15) is 18.1 Å². The molecule has 0 saturated carbocycles. The van der Waals surface area contributed by atoms with E-state index in [1.54, 1.807) is 6.20 Å². The minimum Gasteiger partial charge on any atom is -0.388 e. The van der Waals surface area contributed by atoms with Gasteiger partial charge in [-0.15, -0.1) is 0 Å². The van der Waals surface area contributed by atoms with Crippen LogP contribution in [-0.4, -0.2) is 21.6 Å². The Kier molecular flexibility index (Phi) is 3.04. The first kappa shape index (κ1) is 11.1. The molecule has 1 fully saturated rings. The number of aliphatic hydroxyl groups is 1. The molecule has 0 radical (unpaired) electrons. The van der Waals surface area contributed by atoms with Crippen molar-refractivity contribution >= 4 is 22.7 Å². The summed E-state index contributed by atoms with van der Waals surface area (Å²) in [6, 6.07) is 9.98. The predicted octanol–water partition coefficient (Wildman–Crippen LogP) is 3.02. The number of thioether (sulfide) groups is 1. The van der Waals surface area contributed by atoms with Crippen molar-refractivity contribution in [3.63, 3.8) is 0 Å². The zero-order valence-corrected chi connectivity index (χ0v) is 10.4.